The van der Waals surface area contributed by atoms with Crippen LogP contribution in [0.5, 0.6) is 0 Å². The first-order valence-electron chi connectivity index (χ1n) is 8.24. The number of fused-ring (bicyclic) bond motifs is 2. The number of hydrogen-bond donors (Lipinski definition) is 3. The Balaban J connectivity index is 1.65. The molecule has 1 saturated carbocycles. The largest absolute Gasteiger partial charge is 0.329 e. The summed E-state index contributed by atoms with van der Waals surface area (Å²) in [5.41, 5.74) is 14.7. The van der Waals surface area contributed by atoms with Gasteiger partial charge < -0.3 is 5.73 Å². The van der Waals surface area contributed by atoms with Gasteiger partial charge in [0.15, 0.2) is 5.65 Å². The Labute approximate surface area is 134 Å². The molecule has 0 radical (unpaired) electrons. The zero-order valence-corrected chi connectivity index (χ0v) is 13.2. The first kappa shape index (κ1) is 14.6. The van der Waals surface area contributed by atoms with E-state index in [0.717, 1.165) is 36.3 Å². The second-order valence-corrected chi connectivity index (χ2v) is 6.68. The number of rotatable bonds is 2. The molecule has 2 aromatic heterocycles. The quantitative estimate of drug-likeness (QED) is 0.750. The first-order chi connectivity index (χ1) is 11.2. The standard InChI is InChI=1S/C16H22N6O/c1-9-2-5-15-18-8-14(22(15)21-9)10-3-4-11-12(6-10)13(7-17)19-20-16(11)23/h2,5,8,10-13,19H,3-4,6-7,17H2,1H3,(H,20,23). The molecule has 1 aliphatic carbocycles. The van der Waals surface area contributed by atoms with Crippen molar-refractivity contribution in [1.82, 2.24) is 25.4 Å². The molecule has 2 aromatic rings. The SMILES string of the molecule is Cc1ccc2ncc(C3CCC4C(=O)NNC(CN)C4C3)n2n1. The highest BCUT2D eigenvalue weighted by atomic mass is 16.2. The molecule has 1 amide bonds. The van der Waals surface area contributed by atoms with Crippen LogP contribution >= 0.6 is 0 Å². The third-order valence-electron chi connectivity index (χ3n) is 5.33. The van der Waals surface area contributed by atoms with Crippen LogP contribution in [0.25, 0.3) is 5.65 Å². The number of carbonyl (C=O) groups excluding carboxylic acids is 1. The van der Waals surface area contributed by atoms with Crippen LogP contribution in [0, 0.1) is 18.8 Å². The highest BCUT2D eigenvalue weighted by molar-refractivity contribution is 5.79. The maximum atomic E-state index is 12.1. The highest BCUT2D eigenvalue weighted by Gasteiger charge is 2.43. The van der Waals surface area contributed by atoms with Crippen LogP contribution in [0.1, 0.15) is 36.6 Å². The van der Waals surface area contributed by atoms with Crippen LogP contribution in [0.15, 0.2) is 18.3 Å². The molecule has 7 heteroatoms. The Kier molecular flexibility index (Phi) is 3.54. The third-order valence-corrected chi connectivity index (χ3v) is 5.33. The van der Waals surface area contributed by atoms with Gasteiger partial charge in [-0.1, -0.05) is 0 Å². The molecule has 4 rings (SSSR count). The molecule has 4 atom stereocenters. The first-order valence-corrected chi connectivity index (χ1v) is 8.24. The second-order valence-electron chi connectivity index (χ2n) is 6.68. The zero-order valence-electron chi connectivity index (χ0n) is 13.2. The van der Waals surface area contributed by atoms with E-state index in [1.807, 2.05) is 29.8 Å². The van der Waals surface area contributed by atoms with E-state index in [4.69, 9.17) is 5.73 Å². The molecule has 0 spiro atoms. The smallest absolute Gasteiger partial charge is 0.237 e. The maximum Gasteiger partial charge on any atom is 0.237 e. The molecule has 0 bridgehead atoms. The minimum atomic E-state index is 0.0648. The average molecular weight is 314 g/mol. The van der Waals surface area contributed by atoms with E-state index in [9.17, 15) is 4.79 Å². The molecule has 122 valence electrons. The number of aromatic nitrogens is 3. The van der Waals surface area contributed by atoms with E-state index >= 15 is 0 Å². The van der Waals surface area contributed by atoms with Gasteiger partial charge in [-0.05, 0) is 44.2 Å². The summed E-state index contributed by atoms with van der Waals surface area (Å²) in [6.07, 6.45) is 4.74. The lowest BCUT2D eigenvalue weighted by Crippen LogP contribution is -2.62. The van der Waals surface area contributed by atoms with Gasteiger partial charge in [0.25, 0.3) is 0 Å². The number of nitrogens with one attached hydrogen (secondary N) is 2. The third kappa shape index (κ3) is 2.40. The van der Waals surface area contributed by atoms with Crippen LogP contribution in [0.3, 0.4) is 0 Å². The number of hydrazine groups is 1. The fourth-order valence-corrected chi connectivity index (χ4v) is 4.10. The Morgan fingerprint density at radius 2 is 2.26 bits per heavy atom. The van der Waals surface area contributed by atoms with Crippen molar-refractivity contribution >= 4 is 11.6 Å². The predicted molar refractivity (Wildman–Crippen MR) is 85.4 cm³/mol. The van der Waals surface area contributed by atoms with Gasteiger partial charge in [-0.25, -0.2) is 14.9 Å². The van der Waals surface area contributed by atoms with Gasteiger partial charge in [0.2, 0.25) is 5.91 Å². The maximum absolute atomic E-state index is 12.1. The van der Waals surface area contributed by atoms with Crippen molar-refractivity contribution in [2.24, 2.45) is 17.6 Å². The molecule has 4 N–H and O–H groups in total. The normalized spacial score (nSPS) is 31.0. The molecule has 7 nitrogen and oxygen atoms in total. The van der Waals surface area contributed by atoms with Crippen LogP contribution in [-0.4, -0.2) is 33.1 Å². The van der Waals surface area contributed by atoms with E-state index in [1.165, 1.54) is 0 Å². The summed E-state index contributed by atoms with van der Waals surface area (Å²) < 4.78 is 1.95. The zero-order chi connectivity index (χ0) is 16.0. The van der Waals surface area contributed by atoms with Crippen molar-refractivity contribution in [2.45, 2.75) is 38.1 Å². The molecular weight excluding hydrogens is 292 g/mol. The van der Waals surface area contributed by atoms with E-state index in [-0.39, 0.29) is 23.8 Å². The van der Waals surface area contributed by atoms with E-state index in [1.54, 1.807) is 0 Å². The fourth-order valence-electron chi connectivity index (χ4n) is 4.10. The number of aryl methyl sites for hydroxylation is 1. The molecular formula is C16H22N6O. The summed E-state index contributed by atoms with van der Waals surface area (Å²) in [6, 6.07) is 4.10. The van der Waals surface area contributed by atoms with Crippen molar-refractivity contribution in [3.05, 3.63) is 29.7 Å². The van der Waals surface area contributed by atoms with Gasteiger partial charge in [0.1, 0.15) is 0 Å². The molecule has 4 unspecified atom stereocenters. The molecule has 3 heterocycles. The van der Waals surface area contributed by atoms with Crippen LogP contribution in [0.4, 0.5) is 0 Å². The van der Waals surface area contributed by atoms with Gasteiger partial charge in [-0.2, -0.15) is 5.10 Å². The number of nitrogens with two attached hydrogens (primary N) is 1. The summed E-state index contributed by atoms with van der Waals surface area (Å²) in [7, 11) is 0. The van der Waals surface area contributed by atoms with Crippen molar-refractivity contribution in [3.63, 3.8) is 0 Å². The Hall–Kier alpha value is -1.99. The topological polar surface area (TPSA) is 97.3 Å². The number of carbonyl (C=O) groups is 1. The summed E-state index contributed by atoms with van der Waals surface area (Å²) >= 11 is 0. The highest BCUT2D eigenvalue weighted by Crippen LogP contribution is 2.42. The van der Waals surface area contributed by atoms with Crippen LogP contribution in [0.2, 0.25) is 0 Å². The Morgan fingerprint density at radius 3 is 3.09 bits per heavy atom. The predicted octanol–water partition coefficient (Wildman–Crippen LogP) is 0.499. The molecule has 1 aliphatic heterocycles. The molecule has 23 heavy (non-hydrogen) atoms. The molecule has 1 saturated heterocycles. The van der Waals surface area contributed by atoms with Gasteiger partial charge >= 0.3 is 0 Å². The van der Waals surface area contributed by atoms with E-state index in [2.05, 4.69) is 20.9 Å². The Morgan fingerprint density at radius 1 is 1.39 bits per heavy atom. The lowest BCUT2D eigenvalue weighted by molar-refractivity contribution is -0.133. The van der Waals surface area contributed by atoms with Crippen LogP contribution in [-0.2, 0) is 4.79 Å². The molecule has 2 fully saturated rings. The number of nitrogens with zero attached hydrogens (tertiary/aromatic N) is 3. The summed E-state index contributed by atoms with van der Waals surface area (Å²) in [6.45, 7) is 2.51. The monoisotopic (exact) mass is 314 g/mol. The lowest BCUT2D eigenvalue weighted by Gasteiger charge is -2.43. The summed E-state index contributed by atoms with van der Waals surface area (Å²) in [4.78, 5) is 16.6. The van der Waals surface area contributed by atoms with Crippen molar-refractivity contribution < 1.29 is 4.79 Å². The van der Waals surface area contributed by atoms with Gasteiger partial charge in [0.05, 0.1) is 17.6 Å². The summed E-state index contributed by atoms with van der Waals surface area (Å²) in [5, 5.41) is 4.60. The Bertz CT molecular complexity index is 741. The van der Waals surface area contributed by atoms with E-state index in [0.29, 0.717) is 12.5 Å². The van der Waals surface area contributed by atoms with Gasteiger partial charge in [-0.15, -0.1) is 0 Å². The minimum absolute atomic E-state index is 0.0648. The lowest BCUT2D eigenvalue weighted by atomic mass is 9.69. The molecule has 0 aromatic carbocycles. The van der Waals surface area contributed by atoms with Crippen molar-refractivity contribution in [2.75, 3.05) is 6.54 Å². The van der Waals surface area contributed by atoms with E-state index < -0.39 is 0 Å². The number of imidazole rings is 1. The number of amides is 1. The van der Waals surface area contributed by atoms with Gasteiger partial charge in [0, 0.05) is 24.4 Å². The molecule has 2 aliphatic rings. The van der Waals surface area contributed by atoms with Crippen molar-refractivity contribution in [3.8, 4) is 0 Å². The van der Waals surface area contributed by atoms with Gasteiger partial charge in [-0.3, -0.25) is 10.2 Å². The van der Waals surface area contributed by atoms with Crippen LogP contribution < -0.4 is 16.6 Å². The summed E-state index contributed by atoms with van der Waals surface area (Å²) in [5.74, 6) is 0.797. The minimum Gasteiger partial charge on any atom is -0.329 e. The number of hydrogen-bond acceptors (Lipinski definition) is 5. The average Bonchev–Trinajstić information content (AvgIpc) is 2.98. The van der Waals surface area contributed by atoms with Crippen molar-refractivity contribution in [1.29, 1.82) is 0 Å². The second kappa shape index (κ2) is 5.58. The fraction of sp³-hybridized carbons (Fsp3) is 0.562.